The highest BCUT2D eigenvalue weighted by Gasteiger charge is 2.63. The standard InChI is InChI=1S/C26H34O6/c1-27-18-10-16(11-19(14-18)28-2)24-22-8-7-9-23(22)25(26(24,31-5)32-6)17-12-20(29-3)15-21(13-17)30-4/h10-15,22-25H,7-9H2,1-6H3. The van der Waals surface area contributed by atoms with E-state index in [4.69, 9.17) is 28.4 Å². The molecule has 0 saturated heterocycles. The van der Waals surface area contributed by atoms with Crippen LogP contribution in [0, 0.1) is 11.8 Å². The van der Waals surface area contributed by atoms with Gasteiger partial charge in [-0.05, 0) is 60.1 Å². The summed E-state index contributed by atoms with van der Waals surface area (Å²) in [6, 6.07) is 12.1. The lowest BCUT2D eigenvalue weighted by Gasteiger charge is -2.40. The van der Waals surface area contributed by atoms with Crippen LogP contribution in [-0.4, -0.2) is 48.4 Å². The van der Waals surface area contributed by atoms with Crippen LogP contribution in [0.4, 0.5) is 0 Å². The smallest absolute Gasteiger partial charge is 0.181 e. The maximum Gasteiger partial charge on any atom is 0.181 e. The van der Waals surface area contributed by atoms with Crippen molar-refractivity contribution in [3.8, 4) is 23.0 Å². The average Bonchev–Trinajstić information content (AvgIpc) is 3.41. The quantitative estimate of drug-likeness (QED) is 0.536. The van der Waals surface area contributed by atoms with Crippen LogP contribution >= 0.6 is 0 Å². The van der Waals surface area contributed by atoms with E-state index < -0.39 is 5.79 Å². The van der Waals surface area contributed by atoms with E-state index in [1.165, 1.54) is 6.42 Å². The Kier molecular flexibility index (Phi) is 6.54. The van der Waals surface area contributed by atoms with Crippen molar-refractivity contribution in [2.75, 3.05) is 42.7 Å². The maximum atomic E-state index is 6.33. The van der Waals surface area contributed by atoms with Gasteiger partial charge in [-0.3, -0.25) is 0 Å². The van der Waals surface area contributed by atoms with Crippen LogP contribution in [0.25, 0.3) is 0 Å². The van der Waals surface area contributed by atoms with Gasteiger partial charge in [0.2, 0.25) is 0 Å². The van der Waals surface area contributed by atoms with E-state index in [0.717, 1.165) is 47.0 Å². The average molecular weight is 443 g/mol. The molecule has 2 aliphatic rings. The zero-order valence-electron chi connectivity index (χ0n) is 19.8. The fourth-order valence-electron chi connectivity index (χ4n) is 6.20. The third kappa shape index (κ3) is 3.59. The van der Waals surface area contributed by atoms with Gasteiger partial charge < -0.3 is 28.4 Å². The fourth-order valence-corrected chi connectivity index (χ4v) is 6.20. The molecule has 4 atom stereocenters. The van der Waals surface area contributed by atoms with Gasteiger partial charge in [0.25, 0.3) is 0 Å². The first kappa shape index (κ1) is 22.7. The SMILES string of the molecule is COc1cc(OC)cc(C2C3CCCC3C(c3cc(OC)cc(OC)c3)C2(OC)OC)c1. The maximum absolute atomic E-state index is 6.33. The Morgan fingerprint density at radius 3 is 1.19 bits per heavy atom. The second-order valence-electron chi connectivity index (χ2n) is 8.64. The molecule has 0 aliphatic heterocycles. The van der Waals surface area contributed by atoms with E-state index in [0.29, 0.717) is 11.8 Å². The second-order valence-corrected chi connectivity index (χ2v) is 8.64. The van der Waals surface area contributed by atoms with Crippen molar-refractivity contribution in [2.45, 2.75) is 36.9 Å². The molecule has 0 heterocycles. The van der Waals surface area contributed by atoms with E-state index >= 15 is 0 Å². The summed E-state index contributed by atoms with van der Waals surface area (Å²) < 4.78 is 35.0. The number of benzene rings is 2. The van der Waals surface area contributed by atoms with Gasteiger partial charge >= 0.3 is 0 Å². The molecule has 2 saturated carbocycles. The van der Waals surface area contributed by atoms with Gasteiger partial charge in [-0.15, -0.1) is 0 Å². The predicted molar refractivity (Wildman–Crippen MR) is 122 cm³/mol. The number of hydrogen-bond acceptors (Lipinski definition) is 6. The highest BCUT2D eigenvalue weighted by Crippen LogP contribution is 2.65. The number of rotatable bonds is 8. The fraction of sp³-hybridized carbons (Fsp3) is 0.538. The highest BCUT2D eigenvalue weighted by atomic mass is 16.7. The number of hydrogen-bond donors (Lipinski definition) is 0. The molecule has 2 fully saturated rings. The molecule has 32 heavy (non-hydrogen) atoms. The molecule has 6 heteroatoms. The van der Waals surface area contributed by atoms with E-state index in [1.807, 2.05) is 12.1 Å². The van der Waals surface area contributed by atoms with Crippen LogP contribution in [0.3, 0.4) is 0 Å². The normalized spacial score (nSPS) is 25.9. The molecule has 0 N–H and O–H groups in total. The summed E-state index contributed by atoms with van der Waals surface area (Å²) >= 11 is 0. The molecule has 0 spiro atoms. The lowest BCUT2D eigenvalue weighted by atomic mass is 9.82. The van der Waals surface area contributed by atoms with Crippen LogP contribution in [0.2, 0.25) is 0 Å². The van der Waals surface area contributed by atoms with Crippen molar-refractivity contribution in [2.24, 2.45) is 11.8 Å². The molecule has 4 unspecified atom stereocenters. The molecule has 2 aromatic carbocycles. The van der Waals surface area contributed by atoms with E-state index in [2.05, 4.69) is 24.3 Å². The van der Waals surface area contributed by atoms with Crippen molar-refractivity contribution in [1.82, 2.24) is 0 Å². The molecule has 2 aromatic rings. The topological polar surface area (TPSA) is 55.4 Å². The minimum absolute atomic E-state index is 0.0243. The van der Waals surface area contributed by atoms with Crippen LogP contribution < -0.4 is 18.9 Å². The minimum atomic E-state index is -0.843. The summed E-state index contributed by atoms with van der Waals surface area (Å²) in [6.07, 6.45) is 3.44. The van der Waals surface area contributed by atoms with Crippen LogP contribution in [0.15, 0.2) is 36.4 Å². The lowest BCUT2D eigenvalue weighted by Crippen LogP contribution is -2.43. The van der Waals surface area contributed by atoms with Crippen LogP contribution in [-0.2, 0) is 9.47 Å². The number of methoxy groups -OCH3 is 6. The Balaban J connectivity index is 1.90. The van der Waals surface area contributed by atoms with Gasteiger partial charge in [0.15, 0.2) is 5.79 Å². The van der Waals surface area contributed by atoms with Gasteiger partial charge in [-0.2, -0.15) is 0 Å². The van der Waals surface area contributed by atoms with Crippen molar-refractivity contribution in [1.29, 1.82) is 0 Å². The van der Waals surface area contributed by atoms with Crippen LogP contribution in [0.1, 0.15) is 42.2 Å². The summed E-state index contributed by atoms with van der Waals surface area (Å²) in [5.41, 5.74) is 2.22. The Morgan fingerprint density at radius 2 is 0.906 bits per heavy atom. The lowest BCUT2D eigenvalue weighted by molar-refractivity contribution is -0.226. The first-order valence-electron chi connectivity index (χ1n) is 11.1. The first-order valence-corrected chi connectivity index (χ1v) is 11.1. The minimum Gasteiger partial charge on any atom is -0.497 e. The monoisotopic (exact) mass is 442 g/mol. The molecular weight excluding hydrogens is 408 g/mol. The predicted octanol–water partition coefficient (Wildman–Crippen LogP) is 5.01. The van der Waals surface area contributed by atoms with Crippen molar-refractivity contribution in [3.05, 3.63) is 47.5 Å². The molecule has 6 nitrogen and oxygen atoms in total. The van der Waals surface area contributed by atoms with Crippen LogP contribution in [0.5, 0.6) is 23.0 Å². The number of ether oxygens (including phenoxy) is 6. The molecule has 174 valence electrons. The Morgan fingerprint density at radius 1 is 0.562 bits per heavy atom. The van der Waals surface area contributed by atoms with E-state index in [-0.39, 0.29) is 11.8 Å². The molecule has 0 aromatic heterocycles. The second kappa shape index (κ2) is 9.20. The summed E-state index contributed by atoms with van der Waals surface area (Å²) in [5.74, 6) is 3.09. The molecule has 0 bridgehead atoms. The molecule has 0 amide bonds. The third-order valence-corrected chi connectivity index (χ3v) is 7.45. The summed E-state index contributed by atoms with van der Waals surface area (Å²) in [7, 11) is 10.2. The Bertz CT molecular complexity index is 822. The molecule has 2 aliphatic carbocycles. The van der Waals surface area contributed by atoms with Crippen molar-refractivity contribution in [3.63, 3.8) is 0 Å². The van der Waals surface area contributed by atoms with Gasteiger partial charge in [0.05, 0.1) is 28.4 Å². The Hall–Kier alpha value is -2.44. The van der Waals surface area contributed by atoms with E-state index in [1.54, 1.807) is 42.7 Å². The van der Waals surface area contributed by atoms with Gasteiger partial charge in [-0.1, -0.05) is 6.42 Å². The molecule has 0 radical (unpaired) electrons. The zero-order chi connectivity index (χ0) is 22.9. The largest absolute Gasteiger partial charge is 0.497 e. The Labute approximate surface area is 190 Å². The summed E-state index contributed by atoms with van der Waals surface area (Å²) in [6.45, 7) is 0. The van der Waals surface area contributed by atoms with Crippen molar-refractivity contribution < 1.29 is 28.4 Å². The van der Waals surface area contributed by atoms with Gasteiger partial charge in [0.1, 0.15) is 23.0 Å². The van der Waals surface area contributed by atoms with Gasteiger partial charge in [0, 0.05) is 38.2 Å². The first-order chi connectivity index (χ1) is 15.5. The van der Waals surface area contributed by atoms with E-state index in [9.17, 15) is 0 Å². The summed E-state index contributed by atoms with van der Waals surface area (Å²) in [5, 5.41) is 0. The molecular formula is C26H34O6. The summed E-state index contributed by atoms with van der Waals surface area (Å²) in [4.78, 5) is 0. The number of fused-ring (bicyclic) bond motifs is 1. The van der Waals surface area contributed by atoms with Gasteiger partial charge in [-0.25, -0.2) is 0 Å². The van der Waals surface area contributed by atoms with Crippen molar-refractivity contribution >= 4 is 0 Å². The molecule has 4 rings (SSSR count). The third-order valence-electron chi connectivity index (χ3n) is 7.45. The highest BCUT2D eigenvalue weighted by molar-refractivity contribution is 5.46. The zero-order valence-corrected chi connectivity index (χ0v) is 19.8.